The quantitative estimate of drug-likeness (QED) is 0.711. The molecule has 0 unspecified atom stereocenters. The van der Waals surface area contributed by atoms with Gasteiger partial charge < -0.3 is 10.8 Å². The lowest BCUT2D eigenvalue weighted by molar-refractivity contribution is 0.187. The number of aromatic nitrogens is 2. The number of aliphatic hydroxyl groups is 1. The van der Waals surface area contributed by atoms with Gasteiger partial charge >= 0.3 is 0 Å². The number of hydrogen-bond acceptors (Lipinski definition) is 5. The van der Waals surface area contributed by atoms with Gasteiger partial charge in [-0.2, -0.15) is 0 Å². The zero-order valence-electron chi connectivity index (χ0n) is 9.76. The van der Waals surface area contributed by atoms with Gasteiger partial charge in [0.15, 0.2) is 0 Å². The molecule has 1 aromatic rings. The van der Waals surface area contributed by atoms with Gasteiger partial charge in [0.1, 0.15) is 5.82 Å². The minimum Gasteiger partial charge on any atom is -0.395 e. The summed E-state index contributed by atoms with van der Waals surface area (Å²) in [5.74, 6) is 0.436. The average Bonchev–Trinajstić information content (AvgIpc) is 2.29. The molecule has 1 heterocycles. The zero-order chi connectivity index (χ0) is 11.8. The molecule has 0 saturated heterocycles. The first-order valence-electron chi connectivity index (χ1n) is 5.66. The van der Waals surface area contributed by atoms with Crippen LogP contribution in [0.3, 0.4) is 0 Å². The van der Waals surface area contributed by atoms with Crippen LogP contribution in [0.5, 0.6) is 0 Å². The third-order valence-corrected chi connectivity index (χ3v) is 2.36. The molecular weight excluding hydrogens is 204 g/mol. The van der Waals surface area contributed by atoms with E-state index >= 15 is 0 Å². The first-order chi connectivity index (χ1) is 7.76. The van der Waals surface area contributed by atoms with Crippen molar-refractivity contribution in [3.05, 3.63) is 18.1 Å². The Balaban J connectivity index is 2.49. The fraction of sp³-hybridized carbons (Fsp3) is 0.636. The SMILES string of the molecule is CCCCN(CCO)Cc1cnc(N)cn1. The van der Waals surface area contributed by atoms with Crippen LogP contribution in [0, 0.1) is 0 Å². The van der Waals surface area contributed by atoms with Crippen molar-refractivity contribution in [2.75, 3.05) is 25.4 Å². The number of nitrogens with zero attached hydrogens (tertiary/aromatic N) is 3. The summed E-state index contributed by atoms with van der Waals surface area (Å²) in [6.45, 7) is 4.69. The standard InChI is InChI=1S/C11H20N4O/c1-2-3-4-15(5-6-16)9-10-7-14-11(12)8-13-10/h7-8,16H,2-6,9H2,1H3,(H2,12,14). The molecule has 90 valence electrons. The monoisotopic (exact) mass is 224 g/mol. The van der Waals surface area contributed by atoms with E-state index in [9.17, 15) is 0 Å². The maximum absolute atomic E-state index is 8.96. The summed E-state index contributed by atoms with van der Waals surface area (Å²) in [6, 6.07) is 0. The molecule has 0 fully saturated rings. The van der Waals surface area contributed by atoms with Gasteiger partial charge in [-0.05, 0) is 13.0 Å². The Labute approximate surface area is 96.3 Å². The van der Waals surface area contributed by atoms with E-state index in [1.807, 2.05) is 0 Å². The summed E-state index contributed by atoms with van der Waals surface area (Å²) in [6.07, 6.45) is 5.52. The molecule has 1 rings (SSSR count). The van der Waals surface area contributed by atoms with E-state index in [2.05, 4.69) is 21.8 Å². The predicted octanol–water partition coefficient (Wildman–Crippen LogP) is 0.653. The van der Waals surface area contributed by atoms with Crippen LogP contribution >= 0.6 is 0 Å². The predicted molar refractivity (Wildman–Crippen MR) is 63.7 cm³/mol. The Morgan fingerprint density at radius 2 is 2.12 bits per heavy atom. The maximum Gasteiger partial charge on any atom is 0.141 e. The molecule has 0 aliphatic heterocycles. The van der Waals surface area contributed by atoms with Gasteiger partial charge in [-0.15, -0.1) is 0 Å². The molecule has 0 spiro atoms. The first kappa shape index (κ1) is 12.9. The Morgan fingerprint density at radius 1 is 1.31 bits per heavy atom. The minimum absolute atomic E-state index is 0.173. The number of unbranched alkanes of at least 4 members (excludes halogenated alkanes) is 1. The summed E-state index contributed by atoms with van der Waals surface area (Å²) in [5.41, 5.74) is 6.36. The van der Waals surface area contributed by atoms with E-state index in [1.165, 1.54) is 0 Å². The van der Waals surface area contributed by atoms with Gasteiger partial charge in [-0.25, -0.2) is 4.98 Å². The lowest BCUT2D eigenvalue weighted by atomic mass is 10.3. The van der Waals surface area contributed by atoms with E-state index < -0.39 is 0 Å². The highest BCUT2D eigenvalue weighted by atomic mass is 16.3. The smallest absolute Gasteiger partial charge is 0.141 e. The van der Waals surface area contributed by atoms with E-state index in [1.54, 1.807) is 12.4 Å². The number of nitrogens with two attached hydrogens (primary N) is 1. The number of anilines is 1. The molecule has 5 nitrogen and oxygen atoms in total. The van der Waals surface area contributed by atoms with Crippen molar-refractivity contribution < 1.29 is 5.11 Å². The average molecular weight is 224 g/mol. The summed E-state index contributed by atoms with van der Waals surface area (Å²) >= 11 is 0. The topological polar surface area (TPSA) is 75.3 Å². The van der Waals surface area contributed by atoms with Gasteiger partial charge in [0, 0.05) is 13.1 Å². The molecule has 3 N–H and O–H groups in total. The van der Waals surface area contributed by atoms with Gasteiger partial charge in [0.2, 0.25) is 0 Å². The number of nitrogen functional groups attached to an aromatic ring is 1. The molecule has 16 heavy (non-hydrogen) atoms. The number of rotatable bonds is 7. The van der Waals surface area contributed by atoms with Crippen LogP contribution in [0.1, 0.15) is 25.5 Å². The minimum atomic E-state index is 0.173. The lowest BCUT2D eigenvalue weighted by Gasteiger charge is -2.20. The number of aliphatic hydroxyl groups excluding tert-OH is 1. The van der Waals surface area contributed by atoms with Crippen LogP contribution in [0.2, 0.25) is 0 Å². The second-order valence-electron chi connectivity index (χ2n) is 3.79. The summed E-state index contributed by atoms with van der Waals surface area (Å²) in [7, 11) is 0. The van der Waals surface area contributed by atoms with Crippen molar-refractivity contribution in [3.63, 3.8) is 0 Å². The van der Waals surface area contributed by atoms with Crippen molar-refractivity contribution in [3.8, 4) is 0 Å². The molecule has 0 radical (unpaired) electrons. The van der Waals surface area contributed by atoms with Crippen molar-refractivity contribution in [2.45, 2.75) is 26.3 Å². The number of hydrogen-bond donors (Lipinski definition) is 2. The molecule has 0 aliphatic carbocycles. The highest BCUT2D eigenvalue weighted by Crippen LogP contribution is 2.03. The van der Waals surface area contributed by atoms with E-state index in [0.717, 1.165) is 25.1 Å². The first-order valence-corrected chi connectivity index (χ1v) is 5.66. The normalized spacial score (nSPS) is 10.9. The van der Waals surface area contributed by atoms with Gasteiger partial charge in [-0.1, -0.05) is 13.3 Å². The van der Waals surface area contributed by atoms with Crippen LogP contribution in [0.4, 0.5) is 5.82 Å². The Kier molecular flexibility index (Phi) is 5.74. The van der Waals surface area contributed by atoms with Crippen LogP contribution < -0.4 is 5.73 Å². The summed E-state index contributed by atoms with van der Waals surface area (Å²) in [4.78, 5) is 10.4. The van der Waals surface area contributed by atoms with Crippen LogP contribution in [-0.4, -0.2) is 39.7 Å². The van der Waals surface area contributed by atoms with Crippen LogP contribution in [-0.2, 0) is 6.54 Å². The van der Waals surface area contributed by atoms with Gasteiger partial charge in [-0.3, -0.25) is 9.88 Å². The van der Waals surface area contributed by atoms with Crippen molar-refractivity contribution in [2.24, 2.45) is 0 Å². The highest BCUT2D eigenvalue weighted by molar-refractivity contribution is 5.22. The fourth-order valence-electron chi connectivity index (χ4n) is 1.47. The molecule has 0 saturated carbocycles. The van der Waals surface area contributed by atoms with E-state index in [4.69, 9.17) is 10.8 Å². The van der Waals surface area contributed by atoms with Gasteiger partial charge in [0.25, 0.3) is 0 Å². The second-order valence-corrected chi connectivity index (χ2v) is 3.79. The summed E-state index contributed by atoms with van der Waals surface area (Å²) < 4.78 is 0. The van der Waals surface area contributed by atoms with Crippen LogP contribution in [0.15, 0.2) is 12.4 Å². The van der Waals surface area contributed by atoms with Crippen molar-refractivity contribution >= 4 is 5.82 Å². The molecule has 5 heteroatoms. The fourth-order valence-corrected chi connectivity index (χ4v) is 1.47. The molecule has 0 atom stereocenters. The van der Waals surface area contributed by atoms with Crippen molar-refractivity contribution in [1.29, 1.82) is 0 Å². The van der Waals surface area contributed by atoms with Crippen molar-refractivity contribution in [1.82, 2.24) is 14.9 Å². The Bertz CT molecular complexity index is 289. The third kappa shape index (κ3) is 4.55. The Hall–Kier alpha value is -1.20. The van der Waals surface area contributed by atoms with E-state index in [-0.39, 0.29) is 6.61 Å². The summed E-state index contributed by atoms with van der Waals surface area (Å²) in [5, 5.41) is 8.96. The largest absolute Gasteiger partial charge is 0.395 e. The maximum atomic E-state index is 8.96. The molecule has 0 bridgehead atoms. The highest BCUT2D eigenvalue weighted by Gasteiger charge is 2.05. The third-order valence-electron chi connectivity index (χ3n) is 2.36. The molecule has 0 aromatic carbocycles. The molecule has 0 amide bonds. The van der Waals surface area contributed by atoms with Gasteiger partial charge in [0.05, 0.1) is 24.7 Å². The van der Waals surface area contributed by atoms with E-state index in [0.29, 0.717) is 18.9 Å². The molecule has 0 aliphatic rings. The second kappa shape index (κ2) is 7.14. The zero-order valence-corrected chi connectivity index (χ0v) is 9.76. The molecule has 1 aromatic heterocycles. The Morgan fingerprint density at radius 3 is 2.69 bits per heavy atom. The van der Waals surface area contributed by atoms with Crippen LogP contribution in [0.25, 0.3) is 0 Å². The lowest BCUT2D eigenvalue weighted by Crippen LogP contribution is -2.28. The molecular formula is C11H20N4O.